The van der Waals surface area contributed by atoms with E-state index in [1.165, 1.54) is 0 Å². The summed E-state index contributed by atoms with van der Waals surface area (Å²) in [4.78, 5) is 6.37. The third kappa shape index (κ3) is 1.87. The molecule has 84 valence electrons. The average Bonchev–Trinajstić information content (AvgIpc) is 2.84. The molecule has 2 aromatic rings. The molecule has 5 nitrogen and oxygen atoms in total. The van der Waals surface area contributed by atoms with E-state index in [2.05, 4.69) is 15.0 Å². The van der Waals surface area contributed by atoms with Crippen molar-refractivity contribution in [1.29, 1.82) is 0 Å². The molecule has 0 bridgehead atoms. The van der Waals surface area contributed by atoms with Gasteiger partial charge in [0.25, 0.3) is 0 Å². The Morgan fingerprint density at radius 3 is 3.12 bits per heavy atom. The van der Waals surface area contributed by atoms with Crippen LogP contribution < -0.4 is 0 Å². The van der Waals surface area contributed by atoms with Crippen molar-refractivity contribution in [3.05, 3.63) is 22.7 Å². The van der Waals surface area contributed by atoms with Gasteiger partial charge in [-0.05, 0) is 11.4 Å². The van der Waals surface area contributed by atoms with Crippen LogP contribution in [-0.2, 0) is 6.54 Å². The van der Waals surface area contributed by atoms with Gasteiger partial charge in [-0.15, -0.1) is 0 Å². The first-order chi connectivity index (χ1) is 7.81. The molecule has 3 rings (SSSR count). The maximum Gasteiger partial charge on any atom is 0.241 e. The van der Waals surface area contributed by atoms with Crippen molar-refractivity contribution in [3.8, 4) is 11.4 Å². The summed E-state index contributed by atoms with van der Waals surface area (Å²) in [6.07, 6.45) is -0.195. The molecule has 2 aromatic heterocycles. The number of aliphatic hydroxyl groups is 1. The lowest BCUT2D eigenvalue weighted by Gasteiger charge is -2.34. The predicted octanol–water partition coefficient (Wildman–Crippen LogP) is 0.975. The van der Waals surface area contributed by atoms with Crippen molar-refractivity contribution in [2.75, 3.05) is 13.1 Å². The molecule has 0 aliphatic carbocycles. The molecule has 1 saturated heterocycles. The van der Waals surface area contributed by atoms with Gasteiger partial charge in [0.1, 0.15) is 0 Å². The highest BCUT2D eigenvalue weighted by Gasteiger charge is 2.25. The SMILES string of the molecule is OC1CN(Cc2nc(-c3ccsc3)no2)C1. The lowest BCUT2D eigenvalue weighted by molar-refractivity contribution is -0.00806. The first kappa shape index (κ1) is 9.95. The van der Waals surface area contributed by atoms with Crippen LogP contribution in [-0.4, -0.2) is 39.3 Å². The van der Waals surface area contributed by atoms with Crippen molar-refractivity contribution in [2.24, 2.45) is 0 Å². The minimum Gasteiger partial charge on any atom is -0.390 e. The third-order valence-electron chi connectivity index (χ3n) is 2.54. The van der Waals surface area contributed by atoms with Gasteiger partial charge in [0.2, 0.25) is 11.7 Å². The Morgan fingerprint density at radius 1 is 1.56 bits per heavy atom. The highest BCUT2D eigenvalue weighted by Crippen LogP contribution is 2.19. The molecule has 3 heterocycles. The van der Waals surface area contributed by atoms with Gasteiger partial charge in [0.15, 0.2) is 0 Å². The molecular weight excluding hydrogens is 226 g/mol. The summed E-state index contributed by atoms with van der Waals surface area (Å²) in [6, 6.07) is 1.96. The summed E-state index contributed by atoms with van der Waals surface area (Å²) < 4.78 is 5.15. The maximum atomic E-state index is 9.14. The Bertz CT molecular complexity index is 462. The molecule has 0 unspecified atom stereocenters. The van der Waals surface area contributed by atoms with E-state index in [1.54, 1.807) is 11.3 Å². The van der Waals surface area contributed by atoms with E-state index in [1.807, 2.05) is 16.8 Å². The molecule has 6 heteroatoms. The molecule has 1 aliphatic rings. The zero-order chi connectivity index (χ0) is 11.0. The molecule has 1 aliphatic heterocycles. The molecule has 1 fully saturated rings. The number of rotatable bonds is 3. The Balaban J connectivity index is 1.69. The summed E-state index contributed by atoms with van der Waals surface area (Å²) in [7, 11) is 0. The van der Waals surface area contributed by atoms with Gasteiger partial charge in [0, 0.05) is 24.0 Å². The van der Waals surface area contributed by atoms with E-state index in [4.69, 9.17) is 9.63 Å². The topological polar surface area (TPSA) is 62.4 Å². The van der Waals surface area contributed by atoms with Crippen molar-refractivity contribution in [2.45, 2.75) is 12.6 Å². The molecule has 0 aromatic carbocycles. The van der Waals surface area contributed by atoms with Gasteiger partial charge in [-0.1, -0.05) is 5.16 Å². The van der Waals surface area contributed by atoms with Gasteiger partial charge >= 0.3 is 0 Å². The summed E-state index contributed by atoms with van der Waals surface area (Å²) >= 11 is 1.61. The lowest BCUT2D eigenvalue weighted by atomic mass is 10.2. The normalized spacial score (nSPS) is 17.6. The van der Waals surface area contributed by atoms with Crippen LogP contribution in [0.25, 0.3) is 11.4 Å². The number of aliphatic hydroxyl groups excluding tert-OH is 1. The van der Waals surface area contributed by atoms with E-state index in [-0.39, 0.29) is 6.10 Å². The quantitative estimate of drug-likeness (QED) is 0.862. The Morgan fingerprint density at radius 2 is 2.44 bits per heavy atom. The van der Waals surface area contributed by atoms with Crippen LogP contribution in [0.5, 0.6) is 0 Å². The molecule has 1 N–H and O–H groups in total. The number of hydrogen-bond acceptors (Lipinski definition) is 6. The van der Waals surface area contributed by atoms with Crippen LogP contribution in [0.1, 0.15) is 5.89 Å². The van der Waals surface area contributed by atoms with Crippen molar-refractivity contribution in [3.63, 3.8) is 0 Å². The average molecular weight is 237 g/mol. The number of β-amino-alcohol motifs (C(OH)–C–C–N with tert-alkyl or cyclic N) is 1. The fraction of sp³-hybridized carbons (Fsp3) is 0.400. The lowest BCUT2D eigenvalue weighted by Crippen LogP contribution is -2.49. The number of aromatic nitrogens is 2. The van der Waals surface area contributed by atoms with Gasteiger partial charge in [-0.2, -0.15) is 16.3 Å². The van der Waals surface area contributed by atoms with Crippen LogP contribution in [0.4, 0.5) is 0 Å². The number of nitrogens with zero attached hydrogens (tertiary/aromatic N) is 3. The first-order valence-electron chi connectivity index (χ1n) is 5.07. The van der Waals surface area contributed by atoms with E-state index in [9.17, 15) is 0 Å². The maximum absolute atomic E-state index is 9.14. The van der Waals surface area contributed by atoms with Gasteiger partial charge in [-0.3, -0.25) is 4.90 Å². The van der Waals surface area contributed by atoms with Crippen LogP contribution >= 0.6 is 11.3 Å². The Kier molecular flexibility index (Phi) is 2.47. The molecule has 0 spiro atoms. The van der Waals surface area contributed by atoms with E-state index in [0.29, 0.717) is 31.3 Å². The fourth-order valence-corrected chi connectivity index (χ4v) is 2.33. The van der Waals surface area contributed by atoms with E-state index >= 15 is 0 Å². The largest absolute Gasteiger partial charge is 0.390 e. The second-order valence-corrected chi connectivity index (χ2v) is 4.65. The summed E-state index contributed by atoms with van der Waals surface area (Å²) in [5.74, 6) is 1.24. The standard InChI is InChI=1S/C10H11N3O2S/c14-8-3-13(4-8)5-9-11-10(12-15-9)7-1-2-16-6-7/h1-2,6,8,14H,3-5H2. The zero-order valence-electron chi connectivity index (χ0n) is 8.54. The molecule has 16 heavy (non-hydrogen) atoms. The molecular formula is C10H11N3O2S. The first-order valence-corrected chi connectivity index (χ1v) is 6.01. The van der Waals surface area contributed by atoms with Crippen molar-refractivity contribution >= 4 is 11.3 Å². The molecule has 0 radical (unpaired) electrons. The summed E-state index contributed by atoms with van der Waals surface area (Å²) in [5, 5.41) is 17.0. The highest BCUT2D eigenvalue weighted by molar-refractivity contribution is 7.08. The van der Waals surface area contributed by atoms with Gasteiger partial charge in [-0.25, -0.2) is 0 Å². The zero-order valence-corrected chi connectivity index (χ0v) is 9.35. The van der Waals surface area contributed by atoms with Crippen LogP contribution in [0, 0.1) is 0 Å². The number of likely N-dealkylation sites (tertiary alicyclic amines) is 1. The van der Waals surface area contributed by atoms with Gasteiger partial charge in [0.05, 0.1) is 12.6 Å². The van der Waals surface area contributed by atoms with E-state index < -0.39 is 0 Å². The third-order valence-corrected chi connectivity index (χ3v) is 3.23. The van der Waals surface area contributed by atoms with Crippen LogP contribution in [0.2, 0.25) is 0 Å². The Hall–Kier alpha value is -1.24. The fourth-order valence-electron chi connectivity index (χ4n) is 1.69. The summed E-state index contributed by atoms with van der Waals surface area (Å²) in [5.41, 5.74) is 0.989. The monoisotopic (exact) mass is 237 g/mol. The molecule has 0 amide bonds. The van der Waals surface area contributed by atoms with Gasteiger partial charge < -0.3 is 9.63 Å². The predicted molar refractivity (Wildman–Crippen MR) is 58.9 cm³/mol. The second-order valence-electron chi connectivity index (χ2n) is 3.87. The minimum absolute atomic E-state index is 0.195. The smallest absolute Gasteiger partial charge is 0.241 e. The number of hydrogen-bond donors (Lipinski definition) is 1. The van der Waals surface area contributed by atoms with Crippen molar-refractivity contribution < 1.29 is 9.63 Å². The Labute approximate surface area is 96.3 Å². The van der Waals surface area contributed by atoms with Crippen molar-refractivity contribution in [1.82, 2.24) is 15.0 Å². The second kappa shape index (κ2) is 3.97. The molecule has 0 saturated carbocycles. The van der Waals surface area contributed by atoms with E-state index in [0.717, 1.165) is 5.56 Å². The van der Waals surface area contributed by atoms with Crippen LogP contribution in [0.15, 0.2) is 21.3 Å². The molecule has 0 atom stereocenters. The van der Waals surface area contributed by atoms with Crippen LogP contribution in [0.3, 0.4) is 0 Å². The highest BCUT2D eigenvalue weighted by atomic mass is 32.1. The number of thiophene rings is 1. The summed E-state index contributed by atoms with van der Waals surface area (Å²) in [6.45, 7) is 2.00. The minimum atomic E-state index is -0.195.